The number of hydrogen-bond donors (Lipinski definition) is 1. The van der Waals surface area contributed by atoms with E-state index >= 15 is 0 Å². The third kappa shape index (κ3) is 3.40. The Kier molecular flexibility index (Phi) is 4.19. The van der Waals surface area contributed by atoms with Crippen molar-refractivity contribution in [3.8, 4) is 0 Å². The SMILES string of the molecule is Cc1ccc(NC(=O)c2ccc(S(C)(=O)=O)o2)cc1I. The van der Waals surface area contributed by atoms with E-state index in [1.54, 1.807) is 6.07 Å². The predicted octanol–water partition coefficient (Wildman–Crippen LogP) is 2.85. The van der Waals surface area contributed by atoms with E-state index in [-0.39, 0.29) is 10.9 Å². The molecule has 0 saturated heterocycles. The van der Waals surface area contributed by atoms with E-state index in [1.807, 2.05) is 19.1 Å². The number of hydrogen-bond acceptors (Lipinski definition) is 4. The minimum Gasteiger partial charge on any atom is -0.440 e. The Hall–Kier alpha value is -1.35. The Morgan fingerprint density at radius 1 is 1.25 bits per heavy atom. The van der Waals surface area contributed by atoms with Crippen LogP contribution in [-0.4, -0.2) is 20.6 Å². The molecular formula is C13H12INO4S. The lowest BCUT2D eigenvalue weighted by Crippen LogP contribution is -2.11. The number of amides is 1. The number of sulfone groups is 1. The number of anilines is 1. The third-order valence-corrected chi connectivity index (χ3v) is 4.71. The van der Waals surface area contributed by atoms with Crippen molar-refractivity contribution in [3.63, 3.8) is 0 Å². The molecule has 0 bridgehead atoms. The number of halogens is 1. The van der Waals surface area contributed by atoms with Crippen LogP contribution in [0.2, 0.25) is 0 Å². The standard InChI is InChI=1S/C13H12INO4S/c1-8-3-4-9(7-10(8)14)15-13(16)11-5-6-12(19-11)20(2,17)18/h3-7H,1-2H3,(H,15,16). The van der Waals surface area contributed by atoms with Crippen LogP contribution in [0, 0.1) is 10.5 Å². The van der Waals surface area contributed by atoms with Crippen LogP contribution in [0.15, 0.2) is 39.8 Å². The molecule has 1 aromatic carbocycles. The van der Waals surface area contributed by atoms with Gasteiger partial charge < -0.3 is 9.73 Å². The van der Waals surface area contributed by atoms with Crippen molar-refractivity contribution in [1.82, 2.24) is 0 Å². The highest BCUT2D eigenvalue weighted by Gasteiger charge is 2.17. The second-order valence-corrected chi connectivity index (χ2v) is 7.42. The molecular weight excluding hydrogens is 393 g/mol. The average molecular weight is 405 g/mol. The van der Waals surface area contributed by atoms with Crippen molar-refractivity contribution < 1.29 is 17.6 Å². The summed E-state index contributed by atoms with van der Waals surface area (Å²) >= 11 is 2.17. The van der Waals surface area contributed by atoms with Gasteiger partial charge in [0.05, 0.1) is 0 Å². The van der Waals surface area contributed by atoms with Gasteiger partial charge in [0, 0.05) is 15.5 Å². The van der Waals surface area contributed by atoms with E-state index in [1.165, 1.54) is 12.1 Å². The van der Waals surface area contributed by atoms with Gasteiger partial charge in [0.25, 0.3) is 5.91 Å². The van der Waals surface area contributed by atoms with Gasteiger partial charge in [0.1, 0.15) is 0 Å². The lowest BCUT2D eigenvalue weighted by atomic mass is 10.2. The van der Waals surface area contributed by atoms with E-state index in [9.17, 15) is 13.2 Å². The van der Waals surface area contributed by atoms with Crippen molar-refractivity contribution >= 4 is 44.0 Å². The van der Waals surface area contributed by atoms with Gasteiger partial charge in [-0.3, -0.25) is 4.79 Å². The number of furan rings is 1. The summed E-state index contributed by atoms with van der Waals surface area (Å²) in [6, 6.07) is 8.10. The maximum Gasteiger partial charge on any atom is 0.291 e. The molecule has 2 aromatic rings. The number of benzene rings is 1. The van der Waals surface area contributed by atoms with Gasteiger partial charge in [-0.15, -0.1) is 0 Å². The summed E-state index contributed by atoms with van der Waals surface area (Å²) < 4.78 is 28.6. The Labute approximate surface area is 130 Å². The molecule has 0 saturated carbocycles. The van der Waals surface area contributed by atoms with Gasteiger partial charge in [-0.1, -0.05) is 6.07 Å². The molecule has 1 aromatic heterocycles. The zero-order valence-corrected chi connectivity index (χ0v) is 13.8. The predicted molar refractivity (Wildman–Crippen MR) is 83.7 cm³/mol. The van der Waals surface area contributed by atoms with Crippen molar-refractivity contribution in [2.75, 3.05) is 11.6 Å². The lowest BCUT2D eigenvalue weighted by molar-refractivity contribution is 0.0991. The average Bonchev–Trinajstić information content (AvgIpc) is 2.83. The zero-order chi connectivity index (χ0) is 14.9. The molecule has 7 heteroatoms. The highest BCUT2D eigenvalue weighted by atomic mass is 127. The summed E-state index contributed by atoms with van der Waals surface area (Å²) in [5.74, 6) is -0.527. The molecule has 1 heterocycles. The molecule has 0 aliphatic carbocycles. The number of rotatable bonds is 3. The molecule has 0 fully saturated rings. The second-order valence-electron chi connectivity index (χ2n) is 4.31. The topological polar surface area (TPSA) is 76.4 Å². The van der Waals surface area contributed by atoms with Crippen LogP contribution in [0.4, 0.5) is 5.69 Å². The van der Waals surface area contributed by atoms with Crippen LogP contribution in [0.1, 0.15) is 16.1 Å². The van der Waals surface area contributed by atoms with Crippen molar-refractivity contribution in [1.29, 1.82) is 0 Å². The molecule has 0 unspecified atom stereocenters. The molecule has 20 heavy (non-hydrogen) atoms. The summed E-state index contributed by atoms with van der Waals surface area (Å²) in [5, 5.41) is 2.44. The van der Waals surface area contributed by atoms with Crippen LogP contribution < -0.4 is 5.32 Å². The van der Waals surface area contributed by atoms with Crippen molar-refractivity contribution in [3.05, 3.63) is 45.2 Å². The first kappa shape index (κ1) is 15.0. The number of carbonyl (C=O) groups excluding carboxylic acids is 1. The fourth-order valence-electron chi connectivity index (χ4n) is 1.50. The maximum absolute atomic E-state index is 11.9. The fraction of sp³-hybridized carbons (Fsp3) is 0.154. The second kappa shape index (κ2) is 5.57. The van der Waals surface area contributed by atoms with Crippen molar-refractivity contribution in [2.45, 2.75) is 12.0 Å². The number of nitrogens with one attached hydrogen (secondary N) is 1. The summed E-state index contributed by atoms with van der Waals surface area (Å²) in [5.41, 5.74) is 1.74. The van der Waals surface area contributed by atoms with Gasteiger partial charge in [-0.25, -0.2) is 8.42 Å². The van der Waals surface area contributed by atoms with Gasteiger partial charge in [0.15, 0.2) is 5.76 Å². The first-order valence-electron chi connectivity index (χ1n) is 5.65. The largest absolute Gasteiger partial charge is 0.440 e. The Bertz CT molecular complexity index is 764. The first-order valence-corrected chi connectivity index (χ1v) is 8.62. The van der Waals surface area contributed by atoms with Gasteiger partial charge in [0.2, 0.25) is 14.9 Å². The number of aryl methyl sites for hydroxylation is 1. The van der Waals surface area contributed by atoms with Crippen LogP contribution in [-0.2, 0) is 9.84 Å². The smallest absolute Gasteiger partial charge is 0.291 e. The van der Waals surface area contributed by atoms with Crippen LogP contribution >= 0.6 is 22.6 Å². The quantitative estimate of drug-likeness (QED) is 0.797. The minimum atomic E-state index is -3.45. The molecule has 0 atom stereocenters. The van der Waals surface area contributed by atoms with Gasteiger partial charge in [-0.2, -0.15) is 0 Å². The lowest BCUT2D eigenvalue weighted by Gasteiger charge is -2.05. The summed E-state index contributed by atoms with van der Waals surface area (Å²) in [4.78, 5) is 11.9. The summed E-state index contributed by atoms with van der Waals surface area (Å²) in [6.07, 6.45) is 1.02. The monoisotopic (exact) mass is 405 g/mol. The molecule has 106 valence electrons. The normalized spacial score (nSPS) is 11.3. The molecule has 2 rings (SSSR count). The van der Waals surface area contributed by atoms with Crippen LogP contribution in [0.5, 0.6) is 0 Å². The highest BCUT2D eigenvalue weighted by Crippen LogP contribution is 2.19. The molecule has 0 spiro atoms. The molecule has 0 aliphatic rings. The van der Waals surface area contributed by atoms with Gasteiger partial charge in [-0.05, 0) is 59.3 Å². The highest BCUT2D eigenvalue weighted by molar-refractivity contribution is 14.1. The first-order chi connectivity index (χ1) is 9.27. The molecule has 0 radical (unpaired) electrons. The van der Waals surface area contributed by atoms with Crippen LogP contribution in [0.3, 0.4) is 0 Å². The Morgan fingerprint density at radius 3 is 2.50 bits per heavy atom. The zero-order valence-electron chi connectivity index (χ0n) is 10.8. The van der Waals surface area contributed by atoms with E-state index in [4.69, 9.17) is 4.42 Å². The maximum atomic E-state index is 11.9. The summed E-state index contributed by atoms with van der Waals surface area (Å²) in [7, 11) is -3.45. The molecule has 1 N–H and O–H groups in total. The third-order valence-electron chi connectivity index (χ3n) is 2.60. The van der Waals surface area contributed by atoms with Crippen LogP contribution in [0.25, 0.3) is 0 Å². The van der Waals surface area contributed by atoms with Gasteiger partial charge >= 0.3 is 0 Å². The molecule has 0 aliphatic heterocycles. The minimum absolute atomic E-state index is 0.0407. The van der Waals surface area contributed by atoms with Crippen molar-refractivity contribution in [2.24, 2.45) is 0 Å². The van der Waals surface area contributed by atoms with E-state index in [0.29, 0.717) is 5.69 Å². The van der Waals surface area contributed by atoms with E-state index in [0.717, 1.165) is 15.4 Å². The van der Waals surface area contributed by atoms with E-state index in [2.05, 4.69) is 27.9 Å². The number of carbonyl (C=O) groups is 1. The molecule has 1 amide bonds. The fourth-order valence-corrected chi connectivity index (χ4v) is 2.58. The summed E-state index contributed by atoms with van der Waals surface area (Å²) in [6.45, 7) is 1.97. The molecule has 5 nitrogen and oxygen atoms in total. The Balaban J connectivity index is 2.20. The van der Waals surface area contributed by atoms with E-state index < -0.39 is 15.7 Å². The Morgan fingerprint density at radius 2 is 1.95 bits per heavy atom.